The number of tetrazole rings is 1. The zero-order valence-electron chi connectivity index (χ0n) is 16.0. The van der Waals surface area contributed by atoms with Crippen LogP contribution in [0.3, 0.4) is 0 Å². The fourth-order valence-electron chi connectivity index (χ4n) is 3.24. The van der Waals surface area contributed by atoms with Gasteiger partial charge in [0.05, 0.1) is 12.7 Å². The number of esters is 1. The Morgan fingerprint density at radius 1 is 1.11 bits per heavy atom. The molecule has 0 fully saturated rings. The van der Waals surface area contributed by atoms with E-state index in [0.29, 0.717) is 17.4 Å². The minimum absolute atomic E-state index is 0.183. The van der Waals surface area contributed by atoms with Crippen molar-refractivity contribution in [2.24, 2.45) is 0 Å². The number of aromatic nitrogens is 4. The van der Waals surface area contributed by atoms with E-state index in [4.69, 9.17) is 4.74 Å². The zero-order chi connectivity index (χ0) is 19.7. The molecule has 0 amide bonds. The maximum atomic E-state index is 11.7. The second kappa shape index (κ2) is 7.26. The lowest BCUT2D eigenvalue weighted by Crippen LogP contribution is -2.20. The summed E-state index contributed by atoms with van der Waals surface area (Å²) in [6.45, 7) is 4.35. The summed E-state index contributed by atoms with van der Waals surface area (Å²) in [4.78, 5) is 11.7. The summed E-state index contributed by atoms with van der Waals surface area (Å²) in [5.74, 6) is 0.699. The number of ether oxygens (including phenoxy) is 1. The van der Waals surface area contributed by atoms with Gasteiger partial charge in [0.2, 0.25) is 5.95 Å². The Labute approximate surface area is 163 Å². The van der Waals surface area contributed by atoms with Crippen LogP contribution in [0.15, 0.2) is 54.6 Å². The molecule has 0 spiro atoms. The fourth-order valence-corrected chi connectivity index (χ4v) is 3.24. The summed E-state index contributed by atoms with van der Waals surface area (Å²) in [6.07, 6.45) is 2.08. The van der Waals surface area contributed by atoms with Gasteiger partial charge in [-0.25, -0.2) is 4.79 Å². The van der Waals surface area contributed by atoms with E-state index in [0.717, 1.165) is 16.8 Å². The number of anilines is 1. The highest BCUT2D eigenvalue weighted by molar-refractivity contribution is 5.89. The first-order valence-corrected chi connectivity index (χ1v) is 9.12. The van der Waals surface area contributed by atoms with Crippen LogP contribution in [0.5, 0.6) is 0 Å². The van der Waals surface area contributed by atoms with Crippen LogP contribution in [-0.2, 0) is 4.74 Å². The molecule has 142 valence electrons. The van der Waals surface area contributed by atoms with Gasteiger partial charge in [0.25, 0.3) is 0 Å². The molecule has 1 aliphatic rings. The van der Waals surface area contributed by atoms with E-state index in [1.807, 2.05) is 12.1 Å². The van der Waals surface area contributed by atoms with Crippen LogP contribution in [0.4, 0.5) is 5.95 Å². The largest absolute Gasteiger partial charge is 0.465 e. The van der Waals surface area contributed by atoms with Crippen molar-refractivity contribution in [2.45, 2.75) is 25.8 Å². The van der Waals surface area contributed by atoms with E-state index in [1.165, 1.54) is 12.7 Å². The lowest BCUT2D eigenvalue weighted by molar-refractivity contribution is 0.0600. The van der Waals surface area contributed by atoms with Crippen molar-refractivity contribution in [2.75, 3.05) is 12.4 Å². The number of rotatable bonds is 4. The Morgan fingerprint density at radius 3 is 2.46 bits per heavy atom. The molecule has 0 radical (unpaired) electrons. The normalized spacial score (nSPS) is 15.6. The number of benzene rings is 2. The molecule has 1 N–H and O–H groups in total. The standard InChI is InChI=1S/C21H21N5O2/c1-13(2)14-4-6-15(7-5-14)18-12-19(26-21(22-18)23-24-25-26)16-8-10-17(11-9-16)20(27)28-3/h4-13,19H,1-3H3,(H,22,23,25)/t19-/m1/s1. The van der Waals surface area contributed by atoms with Crippen molar-refractivity contribution >= 4 is 17.6 Å². The molecule has 0 unspecified atom stereocenters. The number of nitrogens with zero attached hydrogens (tertiary/aromatic N) is 4. The summed E-state index contributed by atoms with van der Waals surface area (Å²) in [7, 11) is 1.37. The number of allylic oxidation sites excluding steroid dienone is 1. The van der Waals surface area contributed by atoms with Crippen molar-refractivity contribution in [3.8, 4) is 0 Å². The molecule has 3 aromatic rings. The molecule has 2 aromatic carbocycles. The predicted molar refractivity (Wildman–Crippen MR) is 106 cm³/mol. The Hall–Kier alpha value is -3.48. The molecule has 4 rings (SSSR count). The van der Waals surface area contributed by atoms with E-state index in [1.54, 1.807) is 16.8 Å². The first kappa shape index (κ1) is 17.9. The monoisotopic (exact) mass is 375 g/mol. The van der Waals surface area contributed by atoms with Crippen molar-refractivity contribution in [3.05, 3.63) is 76.9 Å². The molecule has 7 heteroatoms. The fraction of sp³-hybridized carbons (Fsp3) is 0.238. The van der Waals surface area contributed by atoms with Crippen molar-refractivity contribution in [1.82, 2.24) is 20.2 Å². The van der Waals surface area contributed by atoms with E-state index in [-0.39, 0.29) is 12.0 Å². The molecule has 0 bridgehead atoms. The number of carbonyl (C=O) groups excluding carboxylic acids is 1. The van der Waals surface area contributed by atoms with Gasteiger partial charge in [-0.3, -0.25) is 0 Å². The van der Waals surface area contributed by atoms with Crippen LogP contribution in [-0.4, -0.2) is 33.3 Å². The van der Waals surface area contributed by atoms with Gasteiger partial charge in [-0.1, -0.05) is 55.3 Å². The number of fused-ring (bicyclic) bond motifs is 1. The summed E-state index contributed by atoms with van der Waals surface area (Å²) >= 11 is 0. The Bertz CT molecular complexity index is 1020. The smallest absolute Gasteiger partial charge is 0.337 e. The van der Waals surface area contributed by atoms with Crippen LogP contribution < -0.4 is 5.32 Å². The first-order valence-electron chi connectivity index (χ1n) is 9.12. The van der Waals surface area contributed by atoms with Gasteiger partial charge in [0.15, 0.2) is 0 Å². The Morgan fingerprint density at radius 2 is 1.82 bits per heavy atom. The summed E-state index contributed by atoms with van der Waals surface area (Å²) in [5.41, 5.74) is 4.78. The zero-order valence-corrected chi connectivity index (χ0v) is 16.0. The average molecular weight is 375 g/mol. The van der Waals surface area contributed by atoms with Gasteiger partial charge in [0, 0.05) is 5.70 Å². The average Bonchev–Trinajstić information content (AvgIpc) is 3.21. The molecular formula is C21H21N5O2. The highest BCUT2D eigenvalue weighted by Crippen LogP contribution is 2.32. The van der Waals surface area contributed by atoms with Crippen LogP contribution in [0.25, 0.3) is 5.70 Å². The van der Waals surface area contributed by atoms with Crippen LogP contribution in [0.1, 0.15) is 52.9 Å². The number of carbonyl (C=O) groups is 1. The molecule has 1 aliphatic heterocycles. The van der Waals surface area contributed by atoms with Gasteiger partial charge in [-0.15, -0.1) is 0 Å². The van der Waals surface area contributed by atoms with E-state index in [9.17, 15) is 4.79 Å². The van der Waals surface area contributed by atoms with Crippen LogP contribution in [0.2, 0.25) is 0 Å². The Kier molecular flexibility index (Phi) is 4.65. The quantitative estimate of drug-likeness (QED) is 0.701. The first-order chi connectivity index (χ1) is 13.6. The van der Waals surface area contributed by atoms with E-state index >= 15 is 0 Å². The second-order valence-corrected chi connectivity index (χ2v) is 6.99. The highest BCUT2D eigenvalue weighted by Gasteiger charge is 2.24. The number of nitrogens with one attached hydrogen (secondary N) is 1. The second-order valence-electron chi connectivity index (χ2n) is 6.99. The van der Waals surface area contributed by atoms with Gasteiger partial charge in [-0.2, -0.15) is 4.68 Å². The lowest BCUT2D eigenvalue weighted by atomic mass is 9.98. The lowest BCUT2D eigenvalue weighted by Gasteiger charge is -2.23. The third-order valence-corrected chi connectivity index (χ3v) is 4.89. The van der Waals surface area contributed by atoms with Crippen molar-refractivity contribution < 1.29 is 9.53 Å². The third kappa shape index (κ3) is 3.26. The maximum absolute atomic E-state index is 11.7. The van der Waals surface area contributed by atoms with Crippen molar-refractivity contribution in [3.63, 3.8) is 0 Å². The van der Waals surface area contributed by atoms with Gasteiger partial charge < -0.3 is 10.1 Å². The molecule has 2 heterocycles. The summed E-state index contributed by atoms with van der Waals surface area (Å²) in [6, 6.07) is 15.6. The van der Waals surface area contributed by atoms with Crippen LogP contribution in [0, 0.1) is 0 Å². The molecular weight excluding hydrogens is 354 g/mol. The SMILES string of the molecule is COC(=O)c1ccc([C@H]2C=C(c3ccc(C(C)C)cc3)Nc3nnnn32)cc1. The topological polar surface area (TPSA) is 81.9 Å². The number of hydrogen-bond acceptors (Lipinski definition) is 6. The number of methoxy groups -OCH3 is 1. The maximum Gasteiger partial charge on any atom is 0.337 e. The molecule has 28 heavy (non-hydrogen) atoms. The van der Waals surface area contributed by atoms with Gasteiger partial charge in [0.1, 0.15) is 6.04 Å². The van der Waals surface area contributed by atoms with Crippen molar-refractivity contribution in [1.29, 1.82) is 0 Å². The molecule has 0 saturated carbocycles. The van der Waals surface area contributed by atoms with Gasteiger partial charge >= 0.3 is 5.97 Å². The molecule has 0 saturated heterocycles. The Balaban J connectivity index is 1.70. The summed E-state index contributed by atoms with van der Waals surface area (Å²) < 4.78 is 6.49. The third-order valence-electron chi connectivity index (χ3n) is 4.89. The molecule has 0 aliphatic carbocycles. The minimum atomic E-state index is -0.360. The van der Waals surface area contributed by atoms with E-state index in [2.05, 4.69) is 65.0 Å². The number of hydrogen-bond donors (Lipinski definition) is 1. The van der Waals surface area contributed by atoms with E-state index < -0.39 is 0 Å². The molecule has 1 atom stereocenters. The van der Waals surface area contributed by atoms with Gasteiger partial charge in [-0.05, 0) is 51.2 Å². The van der Waals surface area contributed by atoms with Crippen LogP contribution >= 0.6 is 0 Å². The minimum Gasteiger partial charge on any atom is -0.465 e. The highest BCUT2D eigenvalue weighted by atomic mass is 16.5. The predicted octanol–water partition coefficient (Wildman–Crippen LogP) is 3.64. The molecule has 1 aromatic heterocycles. The molecule has 7 nitrogen and oxygen atoms in total. The summed E-state index contributed by atoms with van der Waals surface area (Å²) in [5, 5.41) is 15.3.